The van der Waals surface area contributed by atoms with Crippen LogP contribution in [0.3, 0.4) is 0 Å². The molecule has 1 N–H and O–H groups in total. The number of hydrogen-bond donors (Lipinski definition) is 1. The van der Waals surface area contributed by atoms with Crippen molar-refractivity contribution >= 4 is 23.2 Å². The van der Waals surface area contributed by atoms with Crippen molar-refractivity contribution in [3.63, 3.8) is 0 Å². The van der Waals surface area contributed by atoms with Gasteiger partial charge in [-0.1, -0.05) is 23.7 Å². The van der Waals surface area contributed by atoms with E-state index in [1.807, 2.05) is 0 Å². The first-order valence-corrected chi connectivity index (χ1v) is 7.94. The van der Waals surface area contributed by atoms with Crippen LogP contribution in [0.4, 0.5) is 10.1 Å². The summed E-state index contributed by atoms with van der Waals surface area (Å²) in [7, 11) is 0. The fraction of sp³-hybridized carbons (Fsp3) is 0.222. The molecule has 0 bridgehead atoms. The van der Waals surface area contributed by atoms with Gasteiger partial charge in [-0.25, -0.2) is 4.39 Å². The average Bonchev–Trinajstić information content (AvgIpc) is 2.91. The molecule has 0 aliphatic carbocycles. The number of nitriles is 1. The lowest BCUT2D eigenvalue weighted by atomic mass is 10.1. The molecule has 1 saturated heterocycles. The van der Waals surface area contributed by atoms with Crippen LogP contribution in [0.5, 0.6) is 0 Å². The Balaban J connectivity index is 1.68. The van der Waals surface area contributed by atoms with Crippen molar-refractivity contribution in [3.05, 3.63) is 64.4 Å². The summed E-state index contributed by atoms with van der Waals surface area (Å²) in [5, 5.41) is 12.8. The molecule has 6 heteroatoms. The van der Waals surface area contributed by atoms with Gasteiger partial charge in [-0.2, -0.15) is 5.26 Å². The molecule has 0 saturated carbocycles. The molecule has 4 nitrogen and oxygen atoms in total. The summed E-state index contributed by atoms with van der Waals surface area (Å²) in [4.78, 5) is 14.3. The summed E-state index contributed by atoms with van der Waals surface area (Å²) in [5.74, 6) is -0.323. The van der Waals surface area contributed by atoms with Crippen LogP contribution in [0.2, 0.25) is 5.02 Å². The van der Waals surface area contributed by atoms with Gasteiger partial charge in [-0.05, 0) is 42.3 Å². The molecule has 1 fully saturated rings. The molecule has 1 aliphatic rings. The van der Waals surface area contributed by atoms with E-state index in [-0.39, 0.29) is 17.8 Å². The molecule has 1 unspecified atom stereocenters. The number of anilines is 1. The van der Waals surface area contributed by atoms with E-state index in [4.69, 9.17) is 11.6 Å². The van der Waals surface area contributed by atoms with Crippen molar-refractivity contribution in [2.45, 2.75) is 19.0 Å². The van der Waals surface area contributed by atoms with E-state index in [9.17, 15) is 14.4 Å². The Morgan fingerprint density at radius 2 is 2.04 bits per heavy atom. The smallest absolute Gasteiger partial charge is 0.245 e. The summed E-state index contributed by atoms with van der Waals surface area (Å²) < 4.78 is 13.0. The van der Waals surface area contributed by atoms with Crippen molar-refractivity contribution in [2.75, 3.05) is 11.9 Å². The first-order chi connectivity index (χ1) is 11.6. The van der Waals surface area contributed by atoms with Gasteiger partial charge in [0.1, 0.15) is 17.9 Å². The third-order valence-corrected chi connectivity index (χ3v) is 4.25. The molecule has 24 heavy (non-hydrogen) atoms. The molecule has 1 aliphatic heterocycles. The summed E-state index contributed by atoms with van der Waals surface area (Å²) in [6.45, 7) is 1.06. The van der Waals surface area contributed by atoms with Crippen LogP contribution in [0.15, 0.2) is 42.5 Å². The predicted molar refractivity (Wildman–Crippen MR) is 90.0 cm³/mol. The number of halogens is 2. The van der Waals surface area contributed by atoms with Crippen LogP contribution in [0.1, 0.15) is 17.5 Å². The van der Waals surface area contributed by atoms with Crippen LogP contribution in [0, 0.1) is 17.1 Å². The van der Waals surface area contributed by atoms with Gasteiger partial charge in [0.25, 0.3) is 0 Å². The third-order valence-electron chi connectivity index (χ3n) is 4.02. The van der Waals surface area contributed by atoms with Crippen molar-refractivity contribution < 1.29 is 9.18 Å². The van der Waals surface area contributed by atoms with Crippen LogP contribution in [-0.4, -0.2) is 23.4 Å². The van der Waals surface area contributed by atoms with E-state index in [1.165, 1.54) is 12.1 Å². The molecule has 2 aromatic rings. The number of hydrogen-bond acceptors (Lipinski definition) is 3. The van der Waals surface area contributed by atoms with E-state index in [0.29, 0.717) is 35.8 Å². The van der Waals surface area contributed by atoms with Gasteiger partial charge in [-0.15, -0.1) is 0 Å². The number of amides is 1. The van der Waals surface area contributed by atoms with Crippen molar-refractivity contribution in [1.29, 1.82) is 5.26 Å². The minimum atomic E-state index is -0.376. The Morgan fingerprint density at radius 1 is 1.29 bits per heavy atom. The predicted octanol–water partition coefficient (Wildman–Crippen LogP) is 3.56. The van der Waals surface area contributed by atoms with Gasteiger partial charge in [0.2, 0.25) is 5.91 Å². The molecular formula is C18H15ClFN3O. The summed E-state index contributed by atoms with van der Waals surface area (Å²) in [6.07, 6.45) is 0.646. The first kappa shape index (κ1) is 16.3. The molecule has 2 aromatic carbocycles. The number of carbonyl (C=O) groups is 1. The van der Waals surface area contributed by atoms with Gasteiger partial charge < -0.3 is 10.2 Å². The van der Waals surface area contributed by atoms with Gasteiger partial charge in [0, 0.05) is 18.1 Å². The number of rotatable bonds is 4. The Kier molecular flexibility index (Phi) is 4.68. The first-order valence-electron chi connectivity index (χ1n) is 7.56. The summed E-state index contributed by atoms with van der Waals surface area (Å²) in [6, 6.07) is 12.8. The number of nitrogens with one attached hydrogen (secondary N) is 1. The highest BCUT2D eigenvalue weighted by atomic mass is 35.5. The highest BCUT2D eigenvalue weighted by Gasteiger charge is 2.31. The van der Waals surface area contributed by atoms with Crippen molar-refractivity contribution in [3.8, 4) is 6.07 Å². The highest BCUT2D eigenvalue weighted by molar-refractivity contribution is 6.30. The zero-order chi connectivity index (χ0) is 17.1. The number of nitrogens with zero attached hydrogens (tertiary/aromatic N) is 2. The lowest BCUT2D eigenvalue weighted by Gasteiger charge is -2.18. The maximum Gasteiger partial charge on any atom is 0.245 e. The minimum Gasteiger partial charge on any atom is -0.373 e. The second-order valence-electron chi connectivity index (χ2n) is 5.67. The maximum absolute atomic E-state index is 13.0. The van der Waals surface area contributed by atoms with Gasteiger partial charge in [0.15, 0.2) is 0 Å². The highest BCUT2D eigenvalue weighted by Crippen LogP contribution is 2.24. The lowest BCUT2D eigenvalue weighted by Crippen LogP contribution is -2.33. The quantitative estimate of drug-likeness (QED) is 0.923. The zero-order valence-electron chi connectivity index (χ0n) is 12.8. The minimum absolute atomic E-state index is 0.0295. The van der Waals surface area contributed by atoms with Crippen molar-refractivity contribution in [2.24, 2.45) is 0 Å². The van der Waals surface area contributed by atoms with Gasteiger partial charge in [-0.3, -0.25) is 4.79 Å². The SMILES string of the molecule is N#Cc1cc(Cl)ccc1NC1CCN(Cc2ccc(F)cc2)C1=O. The molecular weight excluding hydrogens is 329 g/mol. The Labute approximate surface area is 144 Å². The lowest BCUT2D eigenvalue weighted by molar-refractivity contribution is -0.128. The fourth-order valence-corrected chi connectivity index (χ4v) is 2.93. The summed E-state index contributed by atoms with van der Waals surface area (Å²) in [5.41, 5.74) is 1.89. The molecule has 1 atom stereocenters. The van der Waals surface area contributed by atoms with E-state index >= 15 is 0 Å². The topological polar surface area (TPSA) is 56.1 Å². The Hall–Kier alpha value is -2.58. The number of carbonyl (C=O) groups excluding carboxylic acids is 1. The molecule has 3 rings (SSSR count). The fourth-order valence-electron chi connectivity index (χ4n) is 2.76. The molecule has 0 radical (unpaired) electrons. The molecule has 1 amide bonds. The monoisotopic (exact) mass is 343 g/mol. The maximum atomic E-state index is 13.0. The van der Waals surface area contributed by atoms with Gasteiger partial charge in [0.05, 0.1) is 11.3 Å². The summed E-state index contributed by atoms with van der Waals surface area (Å²) >= 11 is 5.88. The molecule has 0 aromatic heterocycles. The number of likely N-dealkylation sites (tertiary alicyclic amines) is 1. The Morgan fingerprint density at radius 3 is 2.75 bits per heavy atom. The van der Waals surface area contributed by atoms with Crippen LogP contribution >= 0.6 is 11.6 Å². The van der Waals surface area contributed by atoms with Crippen LogP contribution < -0.4 is 5.32 Å². The van der Waals surface area contributed by atoms with Crippen molar-refractivity contribution in [1.82, 2.24) is 4.90 Å². The van der Waals surface area contributed by atoms with Crippen LogP contribution in [-0.2, 0) is 11.3 Å². The second kappa shape index (κ2) is 6.90. The van der Waals surface area contributed by atoms with E-state index in [1.54, 1.807) is 35.2 Å². The second-order valence-corrected chi connectivity index (χ2v) is 6.11. The molecule has 1 heterocycles. The average molecular weight is 344 g/mol. The van der Waals surface area contributed by atoms with E-state index in [0.717, 1.165) is 5.56 Å². The Bertz CT molecular complexity index is 801. The normalized spacial score (nSPS) is 17.0. The third kappa shape index (κ3) is 3.50. The van der Waals surface area contributed by atoms with E-state index in [2.05, 4.69) is 11.4 Å². The zero-order valence-corrected chi connectivity index (χ0v) is 13.6. The standard InChI is InChI=1S/C18H15ClFN3O/c19-14-3-6-16(13(9-14)10-21)22-17-7-8-23(18(17)24)11-12-1-4-15(20)5-2-12/h1-6,9,17,22H,7-8,11H2. The van der Waals surface area contributed by atoms with E-state index < -0.39 is 0 Å². The van der Waals surface area contributed by atoms with Gasteiger partial charge >= 0.3 is 0 Å². The number of benzene rings is 2. The molecule has 0 spiro atoms. The largest absolute Gasteiger partial charge is 0.373 e. The van der Waals surface area contributed by atoms with Crippen LogP contribution in [0.25, 0.3) is 0 Å². The molecule has 122 valence electrons.